The number of amides is 1. The van der Waals surface area contributed by atoms with Gasteiger partial charge in [0, 0.05) is 25.7 Å². The third-order valence-corrected chi connectivity index (χ3v) is 6.74. The summed E-state index contributed by atoms with van der Waals surface area (Å²) in [5.74, 6) is -1.93. The Balaban J connectivity index is 0.00000261. The molecule has 2 N–H and O–H groups in total. The number of rotatable bonds is 5. The summed E-state index contributed by atoms with van der Waals surface area (Å²) in [4.78, 5) is 11.7. The number of hydrogen-bond acceptors (Lipinski definition) is 4. The lowest BCUT2D eigenvalue weighted by Gasteiger charge is -2.32. The van der Waals surface area contributed by atoms with E-state index in [0.717, 1.165) is 37.9 Å². The maximum Gasteiger partial charge on any atom is 0.243 e. The van der Waals surface area contributed by atoms with Crippen LogP contribution in [-0.2, 0) is 14.8 Å². The topological polar surface area (TPSA) is 78.5 Å². The minimum atomic E-state index is -3.97. The van der Waals surface area contributed by atoms with Crippen LogP contribution in [0.3, 0.4) is 0 Å². The quantitative estimate of drug-likeness (QED) is 0.755. The SMILES string of the molecule is Cl.O=C(NCC1CCCN(S(=O)(=O)c2cc(F)cc(F)c2)C1)C1CCCN1. The van der Waals surface area contributed by atoms with Crippen LogP contribution in [0.4, 0.5) is 8.78 Å². The standard InChI is InChI=1S/C17H23F2N3O3S.ClH/c18-13-7-14(19)9-15(8-13)26(24,25)22-6-2-3-12(11-22)10-21-17(23)16-4-1-5-20-16;/h7-9,12,16,20H,1-6,10-11H2,(H,21,23);1H. The highest BCUT2D eigenvalue weighted by Crippen LogP contribution is 2.24. The van der Waals surface area contributed by atoms with Gasteiger partial charge in [-0.1, -0.05) is 0 Å². The van der Waals surface area contributed by atoms with E-state index in [1.807, 2.05) is 0 Å². The maximum absolute atomic E-state index is 13.4. The average Bonchev–Trinajstić information content (AvgIpc) is 3.14. The number of halogens is 3. The van der Waals surface area contributed by atoms with Gasteiger partial charge >= 0.3 is 0 Å². The van der Waals surface area contributed by atoms with E-state index in [1.165, 1.54) is 4.31 Å². The van der Waals surface area contributed by atoms with E-state index in [4.69, 9.17) is 0 Å². The molecule has 2 fully saturated rings. The first kappa shape index (κ1) is 22.0. The Bertz CT molecular complexity index is 752. The van der Waals surface area contributed by atoms with Gasteiger partial charge in [-0.2, -0.15) is 4.31 Å². The molecule has 2 unspecified atom stereocenters. The summed E-state index contributed by atoms with van der Waals surface area (Å²) in [6.45, 7) is 1.74. The van der Waals surface area contributed by atoms with Crippen molar-refractivity contribution in [3.05, 3.63) is 29.8 Å². The Morgan fingerprint density at radius 2 is 1.89 bits per heavy atom. The number of sulfonamides is 1. The Morgan fingerprint density at radius 1 is 1.19 bits per heavy atom. The zero-order valence-corrected chi connectivity index (χ0v) is 16.4. The van der Waals surface area contributed by atoms with Crippen molar-refractivity contribution in [2.24, 2.45) is 5.92 Å². The largest absolute Gasteiger partial charge is 0.354 e. The van der Waals surface area contributed by atoms with Gasteiger partial charge in [0.15, 0.2) is 0 Å². The van der Waals surface area contributed by atoms with E-state index < -0.39 is 21.7 Å². The van der Waals surface area contributed by atoms with Gasteiger partial charge in [-0.15, -0.1) is 12.4 Å². The number of carbonyl (C=O) groups excluding carboxylic acids is 1. The first-order valence-electron chi connectivity index (χ1n) is 8.83. The zero-order chi connectivity index (χ0) is 18.7. The van der Waals surface area contributed by atoms with E-state index in [1.54, 1.807) is 0 Å². The van der Waals surface area contributed by atoms with Crippen LogP contribution in [0.25, 0.3) is 0 Å². The normalized spacial score (nSPS) is 23.6. The molecule has 152 valence electrons. The van der Waals surface area contributed by atoms with Gasteiger partial charge < -0.3 is 10.6 Å². The van der Waals surface area contributed by atoms with Crippen LogP contribution in [0, 0.1) is 17.6 Å². The van der Waals surface area contributed by atoms with Gasteiger partial charge in [0.1, 0.15) is 11.6 Å². The predicted octanol–water partition coefficient (Wildman–Crippen LogP) is 1.66. The van der Waals surface area contributed by atoms with Gasteiger partial charge in [0.25, 0.3) is 0 Å². The highest BCUT2D eigenvalue weighted by molar-refractivity contribution is 7.89. The monoisotopic (exact) mass is 423 g/mol. The molecule has 10 heteroatoms. The van der Waals surface area contributed by atoms with Gasteiger partial charge in [-0.3, -0.25) is 4.79 Å². The molecule has 0 saturated carbocycles. The maximum atomic E-state index is 13.4. The van der Waals surface area contributed by atoms with E-state index in [9.17, 15) is 22.0 Å². The third kappa shape index (κ3) is 5.37. The lowest BCUT2D eigenvalue weighted by molar-refractivity contribution is -0.123. The molecular weight excluding hydrogens is 400 g/mol. The number of piperidine rings is 1. The van der Waals surface area contributed by atoms with E-state index in [-0.39, 0.29) is 41.7 Å². The fourth-order valence-corrected chi connectivity index (χ4v) is 5.11. The predicted molar refractivity (Wildman–Crippen MR) is 99.1 cm³/mol. The van der Waals surface area contributed by atoms with Gasteiger partial charge in [-0.25, -0.2) is 17.2 Å². The smallest absolute Gasteiger partial charge is 0.243 e. The fourth-order valence-electron chi connectivity index (χ4n) is 3.51. The number of carbonyl (C=O) groups is 1. The Kier molecular flexibility index (Phi) is 7.55. The molecule has 1 aromatic carbocycles. The van der Waals surface area contributed by atoms with Crippen molar-refractivity contribution in [1.29, 1.82) is 0 Å². The highest BCUT2D eigenvalue weighted by atomic mass is 35.5. The van der Waals surface area contributed by atoms with Crippen LogP contribution in [0.1, 0.15) is 25.7 Å². The molecule has 0 bridgehead atoms. The molecule has 0 aliphatic carbocycles. The van der Waals surface area contributed by atoms with Crippen LogP contribution in [0.5, 0.6) is 0 Å². The first-order valence-corrected chi connectivity index (χ1v) is 10.3. The summed E-state index contributed by atoms with van der Waals surface area (Å²) < 4.78 is 53.4. The molecule has 0 radical (unpaired) electrons. The van der Waals surface area contributed by atoms with Crippen LogP contribution in [0.2, 0.25) is 0 Å². The number of nitrogens with zero attached hydrogens (tertiary/aromatic N) is 1. The summed E-state index contributed by atoms with van der Waals surface area (Å²) >= 11 is 0. The second kappa shape index (κ2) is 9.27. The molecule has 1 amide bonds. The number of hydrogen-bond donors (Lipinski definition) is 2. The van der Waals surface area contributed by atoms with E-state index in [2.05, 4.69) is 10.6 Å². The van der Waals surface area contributed by atoms with Gasteiger partial charge in [0.05, 0.1) is 10.9 Å². The summed E-state index contributed by atoms with van der Waals surface area (Å²) in [5, 5.41) is 6.00. The van der Waals surface area contributed by atoms with Crippen LogP contribution >= 0.6 is 12.4 Å². The lowest BCUT2D eigenvalue weighted by Crippen LogP contribution is -2.46. The summed E-state index contributed by atoms with van der Waals surface area (Å²) in [6.07, 6.45) is 3.21. The number of benzene rings is 1. The van der Waals surface area contributed by atoms with Crippen molar-refractivity contribution in [3.8, 4) is 0 Å². The van der Waals surface area contributed by atoms with E-state index in [0.29, 0.717) is 25.6 Å². The lowest BCUT2D eigenvalue weighted by atomic mass is 9.99. The molecule has 2 atom stereocenters. The molecule has 2 saturated heterocycles. The van der Waals surface area contributed by atoms with Gasteiger partial charge in [-0.05, 0) is 50.3 Å². The highest BCUT2D eigenvalue weighted by Gasteiger charge is 2.31. The van der Waals surface area contributed by atoms with Crippen molar-refractivity contribution in [3.63, 3.8) is 0 Å². The first-order chi connectivity index (χ1) is 12.4. The molecule has 2 aliphatic heterocycles. The molecular formula is C17H24ClF2N3O3S. The second-order valence-electron chi connectivity index (χ2n) is 6.87. The molecule has 27 heavy (non-hydrogen) atoms. The summed E-state index contributed by atoms with van der Waals surface area (Å²) in [6, 6.07) is 2.13. The molecule has 1 aromatic rings. The van der Waals surface area contributed by atoms with Crippen molar-refractivity contribution in [2.45, 2.75) is 36.6 Å². The van der Waals surface area contributed by atoms with E-state index >= 15 is 0 Å². The molecule has 6 nitrogen and oxygen atoms in total. The van der Waals surface area contributed by atoms with Crippen LogP contribution < -0.4 is 10.6 Å². The van der Waals surface area contributed by atoms with Crippen molar-refractivity contribution in [2.75, 3.05) is 26.2 Å². The van der Waals surface area contributed by atoms with Crippen molar-refractivity contribution in [1.82, 2.24) is 14.9 Å². The molecule has 0 spiro atoms. The zero-order valence-electron chi connectivity index (χ0n) is 14.8. The fraction of sp³-hybridized carbons (Fsp3) is 0.588. The minimum Gasteiger partial charge on any atom is -0.354 e. The van der Waals surface area contributed by atoms with Crippen molar-refractivity contribution >= 4 is 28.3 Å². The molecule has 2 heterocycles. The summed E-state index contributed by atoms with van der Waals surface area (Å²) in [5.41, 5.74) is 0. The van der Waals surface area contributed by atoms with Crippen LogP contribution in [0.15, 0.2) is 23.1 Å². The molecule has 0 aromatic heterocycles. The average molecular weight is 424 g/mol. The summed E-state index contributed by atoms with van der Waals surface area (Å²) in [7, 11) is -3.97. The Hall–Kier alpha value is -1.29. The second-order valence-corrected chi connectivity index (χ2v) is 8.81. The Morgan fingerprint density at radius 3 is 2.52 bits per heavy atom. The van der Waals surface area contributed by atoms with Gasteiger partial charge in [0.2, 0.25) is 15.9 Å². The Labute approximate surface area is 164 Å². The van der Waals surface area contributed by atoms with Crippen molar-refractivity contribution < 1.29 is 22.0 Å². The number of nitrogens with one attached hydrogen (secondary N) is 2. The minimum absolute atomic E-state index is 0. The third-order valence-electron chi connectivity index (χ3n) is 4.90. The van der Waals surface area contributed by atoms with Crippen LogP contribution in [-0.4, -0.2) is 50.9 Å². The molecule has 3 rings (SSSR count). The molecule has 2 aliphatic rings.